The topological polar surface area (TPSA) is 124 Å². The fourth-order valence-electron chi connectivity index (χ4n) is 1.24. The molecule has 0 atom stereocenters. The minimum atomic E-state index is -1.03. The molecule has 0 amide bonds. The van der Waals surface area contributed by atoms with Crippen LogP contribution in [0.4, 0.5) is 5.69 Å². The van der Waals surface area contributed by atoms with Crippen LogP contribution in [-0.4, -0.2) is 19.6 Å². The number of nitrogens with one attached hydrogen (secondary N) is 1. The lowest BCUT2D eigenvalue weighted by atomic mass is 10.4. The van der Waals surface area contributed by atoms with Crippen molar-refractivity contribution in [1.82, 2.24) is 14.7 Å². The smallest absolute Gasteiger partial charge is 0.350 e. The van der Waals surface area contributed by atoms with Gasteiger partial charge in [0.2, 0.25) is 0 Å². The average molecular weight is 238 g/mol. The molecular formula is C8H6N4O5. The summed E-state index contributed by atoms with van der Waals surface area (Å²) in [6, 6.07) is 1.50. The van der Waals surface area contributed by atoms with E-state index in [1.807, 2.05) is 4.98 Å². The standard InChI is InChI=1S/C8H6N4O5/c13-7-6(12(15)16)4-11(8(14)10-7)3-5-1-2-9-17-5/h1-2,4H,3H2,(H,10,13,14). The zero-order valence-electron chi connectivity index (χ0n) is 8.32. The maximum absolute atomic E-state index is 11.4. The summed E-state index contributed by atoms with van der Waals surface area (Å²) in [7, 11) is 0. The van der Waals surface area contributed by atoms with Gasteiger partial charge in [-0.25, -0.2) is 4.79 Å². The van der Waals surface area contributed by atoms with Crippen LogP contribution < -0.4 is 11.2 Å². The number of nitrogens with zero attached hydrogens (tertiary/aromatic N) is 3. The molecule has 2 rings (SSSR count). The molecule has 17 heavy (non-hydrogen) atoms. The van der Waals surface area contributed by atoms with Crippen LogP contribution in [0.5, 0.6) is 0 Å². The number of H-pyrrole nitrogens is 1. The van der Waals surface area contributed by atoms with E-state index in [1.54, 1.807) is 0 Å². The number of nitro groups is 1. The first-order chi connectivity index (χ1) is 8.08. The highest BCUT2D eigenvalue weighted by Crippen LogP contribution is 2.02. The molecule has 0 saturated heterocycles. The lowest BCUT2D eigenvalue weighted by molar-refractivity contribution is -0.386. The summed E-state index contributed by atoms with van der Waals surface area (Å²) < 4.78 is 5.71. The Morgan fingerprint density at radius 3 is 2.88 bits per heavy atom. The van der Waals surface area contributed by atoms with Crippen molar-refractivity contribution >= 4 is 5.69 Å². The van der Waals surface area contributed by atoms with Gasteiger partial charge in [0.25, 0.3) is 0 Å². The van der Waals surface area contributed by atoms with E-state index in [0.29, 0.717) is 5.76 Å². The largest absolute Gasteiger partial charge is 0.359 e. The van der Waals surface area contributed by atoms with Gasteiger partial charge in [-0.05, 0) is 0 Å². The Bertz CT molecular complexity index is 653. The summed E-state index contributed by atoms with van der Waals surface area (Å²) in [5.74, 6) is 0.341. The molecule has 0 aliphatic rings. The molecule has 0 unspecified atom stereocenters. The molecule has 9 nitrogen and oxygen atoms in total. The van der Waals surface area contributed by atoms with E-state index in [4.69, 9.17) is 4.52 Å². The lowest BCUT2D eigenvalue weighted by Crippen LogP contribution is -2.31. The number of aromatic nitrogens is 3. The van der Waals surface area contributed by atoms with Gasteiger partial charge < -0.3 is 4.52 Å². The Morgan fingerprint density at radius 1 is 1.53 bits per heavy atom. The molecule has 0 radical (unpaired) electrons. The molecule has 88 valence electrons. The van der Waals surface area contributed by atoms with E-state index in [2.05, 4.69) is 5.16 Å². The van der Waals surface area contributed by atoms with Gasteiger partial charge in [0, 0.05) is 6.07 Å². The van der Waals surface area contributed by atoms with Gasteiger partial charge in [-0.3, -0.25) is 24.5 Å². The average Bonchev–Trinajstić information content (AvgIpc) is 2.74. The van der Waals surface area contributed by atoms with Gasteiger partial charge in [-0.15, -0.1) is 0 Å². The molecule has 0 aromatic carbocycles. The highest BCUT2D eigenvalue weighted by molar-refractivity contribution is 5.21. The van der Waals surface area contributed by atoms with Gasteiger partial charge in [-0.2, -0.15) is 0 Å². The maximum Gasteiger partial charge on any atom is 0.350 e. The van der Waals surface area contributed by atoms with Crippen molar-refractivity contribution < 1.29 is 9.45 Å². The van der Waals surface area contributed by atoms with E-state index in [1.165, 1.54) is 12.3 Å². The summed E-state index contributed by atoms with van der Waals surface area (Å²) >= 11 is 0. The van der Waals surface area contributed by atoms with Crippen LogP contribution in [0.25, 0.3) is 0 Å². The fourth-order valence-corrected chi connectivity index (χ4v) is 1.24. The van der Waals surface area contributed by atoms with E-state index in [-0.39, 0.29) is 6.54 Å². The molecule has 0 saturated carbocycles. The van der Waals surface area contributed by atoms with Crippen molar-refractivity contribution in [3.63, 3.8) is 0 Å². The molecular weight excluding hydrogens is 232 g/mol. The molecule has 0 spiro atoms. The van der Waals surface area contributed by atoms with Crippen LogP contribution in [0.1, 0.15) is 5.76 Å². The third-order valence-corrected chi connectivity index (χ3v) is 2.01. The molecule has 2 heterocycles. The Hall–Kier alpha value is -2.71. The van der Waals surface area contributed by atoms with Crippen molar-refractivity contribution in [3.05, 3.63) is 55.2 Å². The zero-order chi connectivity index (χ0) is 12.4. The molecule has 0 bridgehead atoms. The Morgan fingerprint density at radius 2 is 2.29 bits per heavy atom. The van der Waals surface area contributed by atoms with Gasteiger partial charge in [-0.1, -0.05) is 5.16 Å². The highest BCUT2D eigenvalue weighted by Gasteiger charge is 2.15. The minimum Gasteiger partial charge on any atom is -0.359 e. The van der Waals surface area contributed by atoms with E-state index in [9.17, 15) is 19.7 Å². The van der Waals surface area contributed by atoms with Crippen molar-refractivity contribution in [1.29, 1.82) is 0 Å². The van der Waals surface area contributed by atoms with E-state index in [0.717, 1.165) is 10.8 Å². The summed E-state index contributed by atoms with van der Waals surface area (Å²) in [5.41, 5.74) is -2.49. The van der Waals surface area contributed by atoms with Gasteiger partial charge in [0.15, 0.2) is 5.76 Å². The summed E-state index contributed by atoms with van der Waals surface area (Å²) in [5, 5.41) is 13.9. The SMILES string of the molecule is O=c1[nH]c(=O)n(Cc2ccno2)cc1[N+](=O)[O-]. The van der Waals surface area contributed by atoms with E-state index < -0.39 is 21.9 Å². The van der Waals surface area contributed by atoms with Gasteiger partial charge >= 0.3 is 16.9 Å². The van der Waals surface area contributed by atoms with Gasteiger partial charge in [0.1, 0.15) is 0 Å². The predicted octanol–water partition coefficient (Wildman–Crippen LogP) is -0.519. The first-order valence-corrected chi connectivity index (χ1v) is 4.45. The quantitative estimate of drug-likeness (QED) is 0.566. The lowest BCUT2D eigenvalue weighted by Gasteiger charge is -2.00. The second-order valence-corrected chi connectivity index (χ2v) is 3.14. The van der Waals surface area contributed by atoms with Crippen LogP contribution in [0.3, 0.4) is 0 Å². The number of hydrogen-bond acceptors (Lipinski definition) is 6. The Kier molecular flexibility index (Phi) is 2.57. The maximum atomic E-state index is 11.4. The summed E-state index contributed by atoms with van der Waals surface area (Å²) in [4.78, 5) is 34.0. The molecule has 0 aliphatic heterocycles. The van der Waals surface area contributed by atoms with Crippen LogP contribution in [0.15, 0.2) is 32.6 Å². The predicted molar refractivity (Wildman–Crippen MR) is 53.6 cm³/mol. The van der Waals surface area contributed by atoms with Crippen LogP contribution >= 0.6 is 0 Å². The van der Waals surface area contributed by atoms with Crippen molar-refractivity contribution in [3.8, 4) is 0 Å². The third-order valence-electron chi connectivity index (χ3n) is 2.01. The minimum absolute atomic E-state index is 0.0452. The number of rotatable bonds is 3. The number of aromatic amines is 1. The number of hydrogen-bond donors (Lipinski definition) is 1. The molecule has 9 heteroatoms. The van der Waals surface area contributed by atoms with Crippen molar-refractivity contribution in [2.24, 2.45) is 0 Å². The Balaban J connectivity index is 2.47. The molecule has 0 fully saturated rings. The van der Waals surface area contributed by atoms with E-state index >= 15 is 0 Å². The normalized spacial score (nSPS) is 10.4. The first-order valence-electron chi connectivity index (χ1n) is 4.45. The molecule has 1 N–H and O–H groups in total. The monoisotopic (exact) mass is 238 g/mol. The third kappa shape index (κ3) is 2.12. The fraction of sp³-hybridized carbons (Fsp3) is 0.125. The summed E-state index contributed by atoms with van der Waals surface area (Å²) in [6.07, 6.45) is 2.24. The summed E-state index contributed by atoms with van der Waals surface area (Å²) in [6.45, 7) is -0.0452. The second kappa shape index (κ2) is 4.04. The second-order valence-electron chi connectivity index (χ2n) is 3.14. The van der Waals surface area contributed by atoms with Crippen molar-refractivity contribution in [2.75, 3.05) is 0 Å². The van der Waals surface area contributed by atoms with Gasteiger partial charge in [0.05, 0.1) is 23.9 Å². The molecule has 2 aromatic rings. The highest BCUT2D eigenvalue weighted by atomic mass is 16.6. The molecule has 2 aromatic heterocycles. The Labute approximate surface area is 92.4 Å². The molecule has 0 aliphatic carbocycles. The zero-order valence-corrected chi connectivity index (χ0v) is 8.32. The van der Waals surface area contributed by atoms with Crippen LogP contribution in [0.2, 0.25) is 0 Å². The van der Waals surface area contributed by atoms with Crippen LogP contribution in [-0.2, 0) is 6.54 Å². The first kappa shape index (κ1) is 10.8. The van der Waals surface area contributed by atoms with Crippen molar-refractivity contribution in [2.45, 2.75) is 6.54 Å². The van der Waals surface area contributed by atoms with Crippen LogP contribution in [0, 0.1) is 10.1 Å².